The summed E-state index contributed by atoms with van der Waals surface area (Å²) in [5.74, 6) is -2.06. The summed E-state index contributed by atoms with van der Waals surface area (Å²) in [6.45, 7) is 17.6. The van der Waals surface area contributed by atoms with Crippen LogP contribution in [-0.4, -0.2) is 101 Å². The van der Waals surface area contributed by atoms with Gasteiger partial charge in [0.1, 0.15) is 5.41 Å². The number of benzene rings is 5. The molecular weight excluding hydrogens is 1220 g/mol. The Labute approximate surface area is 522 Å². The van der Waals surface area contributed by atoms with E-state index in [0.717, 1.165) is 75.8 Å². The van der Waals surface area contributed by atoms with E-state index in [4.69, 9.17) is 25.8 Å². The third kappa shape index (κ3) is 17.8. The van der Waals surface area contributed by atoms with Crippen LogP contribution >= 0.6 is 11.6 Å². The van der Waals surface area contributed by atoms with E-state index in [2.05, 4.69) is 10.6 Å². The molecule has 0 aliphatic carbocycles. The Morgan fingerprint density at radius 1 is 0.633 bits per heavy atom. The fourth-order valence-electron chi connectivity index (χ4n) is 11.0. The topological polar surface area (TPSA) is 184 Å². The highest BCUT2D eigenvalue weighted by molar-refractivity contribution is 6.31. The molecule has 9 rings (SSSR count). The van der Waals surface area contributed by atoms with Crippen molar-refractivity contribution in [3.05, 3.63) is 146 Å². The Morgan fingerprint density at radius 3 is 1.44 bits per heavy atom. The molecular formula is C65H75ClF9N5O10. The Balaban J connectivity index is 0.000000218. The van der Waals surface area contributed by atoms with Crippen LogP contribution in [0.4, 0.5) is 68.0 Å². The highest BCUT2D eigenvalue weighted by atomic mass is 35.5. The van der Waals surface area contributed by atoms with E-state index in [1.165, 1.54) is 47.1 Å². The van der Waals surface area contributed by atoms with Crippen LogP contribution in [0.25, 0.3) is 0 Å². The van der Waals surface area contributed by atoms with Gasteiger partial charge >= 0.3 is 30.5 Å². The SMILES string of the molecule is C1CCOC1.CCC1(C(=O)Nc2cc(Cl)cc(C(F)(F)F)c2)CC(=O)N(c2c(C)cccc2C)C1.CNc1cc(C(F)(F)F)cc(C(F)(F)F)c1.COC(=O)C1(C(C)O)CC(=O)N(c2c(C)cccc2C)C1.COC(=O)C1CC(=O)N(c2c(C)cccc2C)C1. The molecule has 4 unspecified atom stereocenters. The molecule has 0 aromatic heterocycles. The van der Waals surface area contributed by atoms with E-state index in [0.29, 0.717) is 25.1 Å². The molecule has 4 fully saturated rings. The summed E-state index contributed by atoms with van der Waals surface area (Å²) in [5.41, 5.74) is 2.25. The normalized spacial score (nSPS) is 19.3. The number of nitrogens with one attached hydrogen (secondary N) is 2. The number of methoxy groups -OCH3 is 2. The van der Waals surface area contributed by atoms with Crippen LogP contribution in [0.1, 0.15) is 102 Å². The second-order valence-electron chi connectivity index (χ2n) is 22.5. The molecule has 4 amide bonds. The van der Waals surface area contributed by atoms with Crippen molar-refractivity contribution in [2.75, 3.05) is 79.4 Å². The zero-order valence-corrected chi connectivity index (χ0v) is 52.6. The first-order valence-corrected chi connectivity index (χ1v) is 29.0. The lowest BCUT2D eigenvalue weighted by Gasteiger charge is -2.29. The van der Waals surface area contributed by atoms with Gasteiger partial charge in [-0.2, -0.15) is 39.5 Å². The van der Waals surface area contributed by atoms with Gasteiger partial charge in [-0.05, 0) is 138 Å². The van der Waals surface area contributed by atoms with Crippen molar-refractivity contribution in [3.8, 4) is 0 Å². The maximum absolute atomic E-state index is 13.1. The molecule has 4 aliphatic rings. The van der Waals surface area contributed by atoms with E-state index in [-0.39, 0.29) is 84.4 Å². The van der Waals surface area contributed by atoms with E-state index in [1.54, 1.807) is 21.6 Å². The Hall–Kier alpha value is -7.70. The molecule has 4 atom stereocenters. The summed E-state index contributed by atoms with van der Waals surface area (Å²) in [4.78, 5) is 78.9. The van der Waals surface area contributed by atoms with Gasteiger partial charge in [-0.15, -0.1) is 0 Å². The number of halogens is 10. The predicted octanol–water partition coefficient (Wildman–Crippen LogP) is 13.7. The molecule has 5 aromatic carbocycles. The zero-order valence-electron chi connectivity index (χ0n) is 51.8. The van der Waals surface area contributed by atoms with Gasteiger partial charge in [-0.25, -0.2) is 0 Å². The number of para-hydroxylation sites is 3. The number of aliphatic hydroxyl groups excluding tert-OH is 1. The van der Waals surface area contributed by atoms with E-state index < -0.39 is 64.0 Å². The lowest BCUT2D eigenvalue weighted by atomic mass is 9.82. The molecule has 0 saturated carbocycles. The van der Waals surface area contributed by atoms with Crippen molar-refractivity contribution in [1.82, 2.24) is 0 Å². The lowest BCUT2D eigenvalue weighted by Crippen LogP contribution is -2.44. The molecule has 0 bridgehead atoms. The van der Waals surface area contributed by atoms with Crippen molar-refractivity contribution in [1.29, 1.82) is 0 Å². The minimum absolute atomic E-state index is 0.0113. The zero-order chi connectivity index (χ0) is 67.4. The standard InChI is InChI=1S/C22H22ClF3N2O2.C16H21NO4.C14H17NO3.C9H7F6N.C4H8O/c1-4-21(11-18(29)28(12-21)19-13(2)6-5-7-14(19)3)20(30)27-17-9-15(22(24,25)26)8-16(23)10-17;1-10-6-5-7-11(2)14(10)17-9-16(12(3)18,8-13(17)19)15(20)21-4;1-9-5-4-6-10(2)13(9)15-8-11(7-12(15)16)14(17)18-3;1-16-7-3-5(8(10,11)12)2-6(4-7)9(13,14)15;1-2-4-5-3-1/h5-10H,4,11-12H2,1-3H3,(H,27,30);5-7,12,18H,8-9H2,1-4H3;4-6,11H,7-8H2,1-3H3;2-4,16H,1H3;1-4H2. The number of hydrogen-bond donors (Lipinski definition) is 3. The van der Waals surface area contributed by atoms with Crippen LogP contribution in [0.15, 0.2) is 91.0 Å². The van der Waals surface area contributed by atoms with Gasteiger partial charge in [-0.3, -0.25) is 28.8 Å². The fourth-order valence-corrected chi connectivity index (χ4v) is 11.2. The predicted molar refractivity (Wildman–Crippen MR) is 324 cm³/mol. The number of anilines is 5. The number of aryl methyl sites for hydroxylation is 6. The van der Waals surface area contributed by atoms with Crippen LogP contribution in [0.3, 0.4) is 0 Å². The van der Waals surface area contributed by atoms with E-state index in [1.807, 2.05) is 96.1 Å². The highest BCUT2D eigenvalue weighted by Gasteiger charge is 2.54. The average molecular weight is 1290 g/mol. The van der Waals surface area contributed by atoms with Gasteiger partial charge in [0.15, 0.2) is 0 Å². The first-order valence-electron chi connectivity index (χ1n) is 28.7. The molecule has 15 nitrogen and oxygen atoms in total. The van der Waals surface area contributed by atoms with Crippen molar-refractivity contribution < 1.29 is 87.6 Å². The summed E-state index contributed by atoms with van der Waals surface area (Å²) in [7, 11) is 3.88. The van der Waals surface area contributed by atoms with Gasteiger partial charge in [0, 0.05) is 92.6 Å². The lowest BCUT2D eigenvalue weighted by molar-refractivity contribution is -0.158. The number of aliphatic hydroxyl groups is 1. The van der Waals surface area contributed by atoms with Gasteiger partial charge in [0.25, 0.3) is 0 Å². The molecule has 0 radical (unpaired) electrons. The number of ether oxygens (including phenoxy) is 3. The molecule has 4 heterocycles. The van der Waals surface area contributed by atoms with Crippen molar-refractivity contribution >= 4 is 75.6 Å². The molecule has 4 aliphatic heterocycles. The molecule has 90 heavy (non-hydrogen) atoms. The van der Waals surface area contributed by atoms with Crippen molar-refractivity contribution in [3.63, 3.8) is 0 Å². The summed E-state index contributed by atoms with van der Waals surface area (Å²) in [5, 5.41) is 14.7. The minimum Gasteiger partial charge on any atom is -0.469 e. The largest absolute Gasteiger partial charge is 0.469 e. The molecule has 490 valence electrons. The number of carbonyl (C=O) groups is 6. The first kappa shape index (κ1) is 73.0. The maximum atomic E-state index is 13.1. The number of hydrogen-bond acceptors (Lipinski definition) is 11. The van der Waals surface area contributed by atoms with E-state index >= 15 is 0 Å². The summed E-state index contributed by atoms with van der Waals surface area (Å²) < 4.78 is 127. The number of rotatable bonds is 10. The third-order valence-corrected chi connectivity index (χ3v) is 16.2. The third-order valence-electron chi connectivity index (χ3n) is 16.0. The Morgan fingerprint density at radius 2 is 1.06 bits per heavy atom. The quantitative estimate of drug-likeness (QED) is 0.0893. The van der Waals surface area contributed by atoms with E-state index in [9.17, 15) is 73.4 Å². The Kier molecular flexibility index (Phi) is 24.7. The van der Waals surface area contributed by atoms with Crippen LogP contribution in [0.2, 0.25) is 5.02 Å². The fraction of sp³-hybridized carbons (Fsp3) is 0.446. The van der Waals surface area contributed by atoms with Crippen LogP contribution in [0, 0.1) is 58.3 Å². The van der Waals surface area contributed by atoms with Crippen molar-refractivity contribution in [2.45, 2.75) is 119 Å². The molecule has 5 aromatic rings. The van der Waals surface area contributed by atoms with Crippen LogP contribution in [0.5, 0.6) is 0 Å². The second kappa shape index (κ2) is 30.4. The second-order valence-corrected chi connectivity index (χ2v) is 22.9. The minimum atomic E-state index is -4.80. The molecule has 4 saturated heterocycles. The first-order chi connectivity index (χ1) is 42.0. The summed E-state index contributed by atoms with van der Waals surface area (Å²) >= 11 is 5.82. The Bertz CT molecular complexity index is 3310. The number of esters is 2. The summed E-state index contributed by atoms with van der Waals surface area (Å²) in [6.07, 6.45) is -12.0. The molecule has 3 N–H and O–H groups in total. The van der Waals surface area contributed by atoms with Gasteiger partial charge in [-0.1, -0.05) is 73.1 Å². The van der Waals surface area contributed by atoms with Crippen LogP contribution in [-0.2, 0) is 61.5 Å². The smallest absolute Gasteiger partial charge is 0.416 e. The maximum Gasteiger partial charge on any atom is 0.416 e. The summed E-state index contributed by atoms with van der Waals surface area (Å²) in [6, 6.07) is 21.6. The molecule has 25 heteroatoms. The van der Waals surface area contributed by atoms with Gasteiger partial charge in [0.2, 0.25) is 23.6 Å². The number of alkyl halides is 9. The van der Waals surface area contributed by atoms with Crippen LogP contribution < -0.4 is 25.3 Å². The van der Waals surface area contributed by atoms with Gasteiger partial charge in [0.05, 0.1) is 48.3 Å². The highest BCUT2D eigenvalue weighted by Crippen LogP contribution is 2.44. The monoisotopic (exact) mass is 1290 g/mol. The average Bonchev–Trinajstić information content (AvgIpc) is 1.72. The molecule has 0 spiro atoms. The number of nitrogens with zero attached hydrogens (tertiary/aromatic N) is 3. The number of carbonyl (C=O) groups excluding carboxylic acids is 6. The van der Waals surface area contributed by atoms with Crippen molar-refractivity contribution in [2.24, 2.45) is 16.7 Å². The van der Waals surface area contributed by atoms with Gasteiger partial charge < -0.3 is 44.7 Å². The number of amides is 4.